The van der Waals surface area contributed by atoms with E-state index in [0.717, 1.165) is 26.2 Å². The normalized spacial score (nSPS) is 29.8. The van der Waals surface area contributed by atoms with Gasteiger partial charge < -0.3 is 10.1 Å². The van der Waals surface area contributed by atoms with Crippen LogP contribution in [0.5, 0.6) is 0 Å². The highest BCUT2D eigenvalue weighted by molar-refractivity contribution is 4.80. The predicted octanol–water partition coefficient (Wildman–Crippen LogP) is 1.09. The summed E-state index contributed by atoms with van der Waals surface area (Å²) in [6, 6.07) is 1.22. The maximum Gasteiger partial charge on any atom is 0.0596 e. The van der Waals surface area contributed by atoms with Gasteiger partial charge in [-0.2, -0.15) is 0 Å². The van der Waals surface area contributed by atoms with Crippen molar-refractivity contribution in [2.45, 2.75) is 45.9 Å². The Morgan fingerprint density at radius 2 is 1.86 bits per heavy atom. The van der Waals surface area contributed by atoms with Crippen molar-refractivity contribution in [2.75, 3.05) is 26.2 Å². The fourth-order valence-corrected chi connectivity index (χ4v) is 2.04. The number of rotatable bonds is 4. The molecule has 1 aliphatic heterocycles. The summed E-state index contributed by atoms with van der Waals surface area (Å²) in [5.41, 5.74) is 0. The van der Waals surface area contributed by atoms with Crippen LogP contribution in [0.2, 0.25) is 0 Å². The number of nitrogens with one attached hydrogen (secondary N) is 1. The lowest BCUT2D eigenvalue weighted by molar-refractivity contribution is 0.0490. The number of hydrogen-bond acceptors (Lipinski definition) is 3. The Kier molecular flexibility index (Phi) is 4.85. The van der Waals surface area contributed by atoms with Gasteiger partial charge in [0.15, 0.2) is 0 Å². The van der Waals surface area contributed by atoms with Crippen LogP contribution in [-0.2, 0) is 4.74 Å². The molecule has 0 bridgehead atoms. The molecule has 14 heavy (non-hydrogen) atoms. The maximum atomic E-state index is 5.55. The molecule has 0 aromatic carbocycles. The molecule has 1 aliphatic rings. The van der Waals surface area contributed by atoms with E-state index in [2.05, 4.69) is 37.9 Å². The van der Waals surface area contributed by atoms with Gasteiger partial charge in [-0.1, -0.05) is 0 Å². The van der Waals surface area contributed by atoms with E-state index in [9.17, 15) is 0 Å². The van der Waals surface area contributed by atoms with Crippen molar-refractivity contribution in [1.82, 2.24) is 10.2 Å². The summed E-state index contributed by atoms with van der Waals surface area (Å²) in [4.78, 5) is 2.48. The Hall–Kier alpha value is -0.120. The second kappa shape index (κ2) is 5.69. The average Bonchev–Trinajstić information content (AvgIpc) is 2.01. The van der Waals surface area contributed by atoms with Crippen molar-refractivity contribution >= 4 is 0 Å². The number of piperazine rings is 1. The van der Waals surface area contributed by atoms with Gasteiger partial charge >= 0.3 is 0 Å². The molecule has 1 rings (SSSR count). The summed E-state index contributed by atoms with van der Waals surface area (Å²) in [6.07, 6.45) is 0.354. The molecule has 0 aliphatic carbocycles. The first kappa shape index (κ1) is 12.0. The zero-order valence-corrected chi connectivity index (χ0v) is 9.92. The molecule has 1 N–H and O–H groups in total. The summed E-state index contributed by atoms with van der Waals surface area (Å²) in [6.45, 7) is 12.9. The molecule has 1 fully saturated rings. The lowest BCUT2D eigenvalue weighted by Crippen LogP contribution is -2.54. The van der Waals surface area contributed by atoms with Crippen molar-refractivity contribution < 1.29 is 4.74 Å². The van der Waals surface area contributed by atoms with Crippen LogP contribution in [0.4, 0.5) is 0 Å². The van der Waals surface area contributed by atoms with Gasteiger partial charge in [0, 0.05) is 31.7 Å². The first-order valence-corrected chi connectivity index (χ1v) is 5.68. The van der Waals surface area contributed by atoms with E-state index >= 15 is 0 Å². The molecule has 2 atom stereocenters. The summed E-state index contributed by atoms with van der Waals surface area (Å²) in [7, 11) is 0. The highest BCUT2D eigenvalue weighted by atomic mass is 16.5. The average molecular weight is 200 g/mol. The minimum absolute atomic E-state index is 0.354. The van der Waals surface area contributed by atoms with E-state index in [-0.39, 0.29) is 0 Å². The minimum Gasteiger partial charge on any atom is -0.377 e. The van der Waals surface area contributed by atoms with Gasteiger partial charge in [-0.05, 0) is 27.7 Å². The fourth-order valence-electron chi connectivity index (χ4n) is 2.04. The predicted molar refractivity (Wildman–Crippen MR) is 59.6 cm³/mol. The Morgan fingerprint density at radius 1 is 1.29 bits per heavy atom. The molecular weight excluding hydrogens is 176 g/mol. The minimum atomic E-state index is 0.354. The van der Waals surface area contributed by atoms with Gasteiger partial charge in [-0.25, -0.2) is 0 Å². The molecule has 0 aromatic rings. The molecule has 0 amide bonds. The third-order valence-corrected chi connectivity index (χ3v) is 2.49. The van der Waals surface area contributed by atoms with Crippen molar-refractivity contribution in [1.29, 1.82) is 0 Å². The molecule has 1 saturated heterocycles. The molecule has 3 heteroatoms. The molecule has 0 aromatic heterocycles. The van der Waals surface area contributed by atoms with Crippen molar-refractivity contribution in [3.8, 4) is 0 Å². The molecule has 84 valence electrons. The quantitative estimate of drug-likeness (QED) is 0.735. The third kappa shape index (κ3) is 4.40. The SMILES string of the molecule is CC1CN(CCOC(C)C)CC(C)N1. The lowest BCUT2D eigenvalue weighted by atomic mass is 10.1. The van der Waals surface area contributed by atoms with Crippen LogP contribution in [0.15, 0.2) is 0 Å². The lowest BCUT2D eigenvalue weighted by Gasteiger charge is -2.36. The van der Waals surface area contributed by atoms with Crippen LogP contribution < -0.4 is 5.32 Å². The second-order valence-corrected chi connectivity index (χ2v) is 4.65. The standard InChI is InChI=1S/C11H24N2O/c1-9(2)14-6-5-13-7-10(3)12-11(4)8-13/h9-12H,5-8H2,1-4H3. The topological polar surface area (TPSA) is 24.5 Å². The van der Waals surface area contributed by atoms with E-state index in [0.29, 0.717) is 18.2 Å². The summed E-state index contributed by atoms with van der Waals surface area (Å²) < 4.78 is 5.55. The maximum absolute atomic E-state index is 5.55. The highest BCUT2D eigenvalue weighted by Gasteiger charge is 2.20. The largest absolute Gasteiger partial charge is 0.377 e. The van der Waals surface area contributed by atoms with Crippen LogP contribution in [0, 0.1) is 0 Å². The Balaban J connectivity index is 2.17. The number of nitrogens with zero attached hydrogens (tertiary/aromatic N) is 1. The van der Waals surface area contributed by atoms with Crippen LogP contribution >= 0.6 is 0 Å². The second-order valence-electron chi connectivity index (χ2n) is 4.65. The molecular formula is C11H24N2O. The Morgan fingerprint density at radius 3 is 2.36 bits per heavy atom. The first-order chi connectivity index (χ1) is 6.58. The van der Waals surface area contributed by atoms with E-state index < -0.39 is 0 Å². The van der Waals surface area contributed by atoms with E-state index in [1.807, 2.05) is 0 Å². The zero-order valence-electron chi connectivity index (χ0n) is 9.92. The van der Waals surface area contributed by atoms with Crippen molar-refractivity contribution in [3.05, 3.63) is 0 Å². The van der Waals surface area contributed by atoms with E-state index in [1.165, 1.54) is 0 Å². The van der Waals surface area contributed by atoms with Gasteiger partial charge in [0.2, 0.25) is 0 Å². The molecule has 2 unspecified atom stereocenters. The molecule has 0 saturated carbocycles. The van der Waals surface area contributed by atoms with Gasteiger partial charge in [-0.3, -0.25) is 4.90 Å². The summed E-state index contributed by atoms with van der Waals surface area (Å²) >= 11 is 0. The number of hydrogen-bond donors (Lipinski definition) is 1. The van der Waals surface area contributed by atoms with Crippen LogP contribution in [0.1, 0.15) is 27.7 Å². The van der Waals surface area contributed by atoms with E-state index in [1.54, 1.807) is 0 Å². The van der Waals surface area contributed by atoms with Crippen LogP contribution in [0.25, 0.3) is 0 Å². The summed E-state index contributed by atoms with van der Waals surface area (Å²) in [5, 5.41) is 3.53. The highest BCUT2D eigenvalue weighted by Crippen LogP contribution is 2.03. The molecule has 3 nitrogen and oxygen atoms in total. The van der Waals surface area contributed by atoms with Gasteiger partial charge in [-0.15, -0.1) is 0 Å². The monoisotopic (exact) mass is 200 g/mol. The first-order valence-electron chi connectivity index (χ1n) is 5.68. The molecule has 1 heterocycles. The van der Waals surface area contributed by atoms with E-state index in [4.69, 9.17) is 4.74 Å². The molecule has 0 spiro atoms. The summed E-state index contributed by atoms with van der Waals surface area (Å²) in [5.74, 6) is 0. The van der Waals surface area contributed by atoms with Gasteiger partial charge in [0.25, 0.3) is 0 Å². The van der Waals surface area contributed by atoms with Gasteiger partial charge in [0.05, 0.1) is 12.7 Å². The Labute approximate surface area is 87.8 Å². The van der Waals surface area contributed by atoms with Gasteiger partial charge in [0.1, 0.15) is 0 Å². The van der Waals surface area contributed by atoms with Crippen molar-refractivity contribution in [2.24, 2.45) is 0 Å². The Bertz CT molecular complexity index is 151. The van der Waals surface area contributed by atoms with Crippen molar-refractivity contribution in [3.63, 3.8) is 0 Å². The number of ether oxygens (including phenoxy) is 1. The fraction of sp³-hybridized carbons (Fsp3) is 1.00. The smallest absolute Gasteiger partial charge is 0.0596 e. The van der Waals surface area contributed by atoms with Crippen LogP contribution in [0.3, 0.4) is 0 Å². The zero-order chi connectivity index (χ0) is 10.6. The molecule has 0 radical (unpaired) electrons. The third-order valence-electron chi connectivity index (χ3n) is 2.49. The van der Waals surface area contributed by atoms with Crippen LogP contribution in [-0.4, -0.2) is 49.3 Å².